The van der Waals surface area contributed by atoms with Crippen molar-refractivity contribution in [2.75, 3.05) is 5.32 Å². The first-order valence-corrected chi connectivity index (χ1v) is 5.86. The van der Waals surface area contributed by atoms with Crippen LogP contribution < -0.4 is 5.32 Å². The lowest BCUT2D eigenvalue weighted by molar-refractivity contribution is 0.102. The van der Waals surface area contributed by atoms with Crippen LogP contribution in [0.4, 0.5) is 5.69 Å². The predicted molar refractivity (Wildman–Crippen MR) is 65.3 cm³/mol. The Morgan fingerprint density at radius 3 is 2.88 bits per heavy atom. The van der Waals surface area contributed by atoms with Gasteiger partial charge in [-0.05, 0) is 12.1 Å². The Bertz CT molecular complexity index is 630. The number of fused-ring (bicyclic) bond motifs is 1. The third-order valence-corrected chi connectivity index (χ3v) is 2.94. The first kappa shape index (κ1) is 9.98. The first-order chi connectivity index (χ1) is 8.33. The van der Waals surface area contributed by atoms with Crippen molar-refractivity contribution >= 4 is 27.9 Å². The van der Waals surface area contributed by atoms with Gasteiger partial charge in [-0.2, -0.15) is 5.10 Å². The van der Waals surface area contributed by atoms with Crippen LogP contribution in [-0.4, -0.2) is 20.5 Å². The van der Waals surface area contributed by atoms with E-state index in [0.717, 1.165) is 5.69 Å². The molecule has 0 saturated heterocycles. The van der Waals surface area contributed by atoms with Gasteiger partial charge in [-0.1, -0.05) is 29.5 Å². The maximum absolute atomic E-state index is 11.9. The Labute approximate surface area is 101 Å². The quantitative estimate of drug-likeness (QED) is 0.750. The Balaban J connectivity index is 1.85. The van der Waals surface area contributed by atoms with E-state index in [9.17, 15) is 4.79 Å². The van der Waals surface area contributed by atoms with Crippen LogP contribution in [0.1, 0.15) is 10.5 Å². The summed E-state index contributed by atoms with van der Waals surface area (Å²) in [7, 11) is 0. The molecule has 0 spiro atoms. The van der Waals surface area contributed by atoms with Gasteiger partial charge in [-0.15, -0.1) is 0 Å². The van der Waals surface area contributed by atoms with Gasteiger partial charge in [0.25, 0.3) is 5.91 Å². The molecule has 1 N–H and O–H groups in total. The summed E-state index contributed by atoms with van der Waals surface area (Å²) in [6.07, 6.45) is 1.62. The highest BCUT2D eigenvalue weighted by Crippen LogP contribution is 2.11. The summed E-state index contributed by atoms with van der Waals surface area (Å²) in [5.74, 6) is -0.228. The normalized spacial score (nSPS) is 10.6. The molecule has 0 fully saturated rings. The average Bonchev–Trinajstić information content (AvgIpc) is 2.90. The fourth-order valence-electron chi connectivity index (χ4n) is 1.46. The molecule has 5 nitrogen and oxygen atoms in total. The second kappa shape index (κ2) is 3.99. The van der Waals surface area contributed by atoms with E-state index in [0.29, 0.717) is 10.7 Å². The summed E-state index contributed by atoms with van der Waals surface area (Å²) in [6.45, 7) is 0. The number of anilines is 1. The summed E-state index contributed by atoms with van der Waals surface area (Å²) in [6, 6.07) is 9.28. The topological polar surface area (TPSA) is 59.3 Å². The van der Waals surface area contributed by atoms with Crippen LogP contribution in [0.3, 0.4) is 0 Å². The molecule has 1 amide bonds. The largest absolute Gasteiger partial charge is 0.321 e. The average molecular weight is 244 g/mol. The van der Waals surface area contributed by atoms with Crippen LogP contribution in [-0.2, 0) is 0 Å². The van der Waals surface area contributed by atoms with Gasteiger partial charge in [0.15, 0.2) is 0 Å². The minimum atomic E-state index is -0.228. The summed E-state index contributed by atoms with van der Waals surface area (Å²) in [4.78, 5) is 16.8. The van der Waals surface area contributed by atoms with E-state index in [-0.39, 0.29) is 5.91 Å². The molecule has 0 atom stereocenters. The second-order valence-electron chi connectivity index (χ2n) is 3.41. The molecule has 0 saturated carbocycles. The van der Waals surface area contributed by atoms with E-state index in [4.69, 9.17) is 0 Å². The van der Waals surface area contributed by atoms with Crippen LogP contribution in [0.5, 0.6) is 0 Å². The summed E-state index contributed by atoms with van der Waals surface area (Å²) in [5.41, 5.74) is 2.80. The summed E-state index contributed by atoms with van der Waals surface area (Å²) in [5, 5.41) is 6.79. The van der Waals surface area contributed by atoms with E-state index in [2.05, 4.69) is 15.4 Å². The molecule has 84 valence electrons. The Morgan fingerprint density at radius 2 is 2.12 bits per heavy atom. The molecule has 0 aliphatic carbocycles. The van der Waals surface area contributed by atoms with Crippen molar-refractivity contribution in [3.8, 4) is 0 Å². The third-order valence-electron chi connectivity index (χ3n) is 2.25. The smallest absolute Gasteiger partial charge is 0.275 e. The van der Waals surface area contributed by atoms with Gasteiger partial charge in [0.1, 0.15) is 11.2 Å². The van der Waals surface area contributed by atoms with Crippen molar-refractivity contribution in [3.63, 3.8) is 0 Å². The zero-order valence-corrected chi connectivity index (χ0v) is 9.52. The Hall–Kier alpha value is -2.21. The van der Waals surface area contributed by atoms with Crippen LogP contribution >= 0.6 is 11.3 Å². The van der Waals surface area contributed by atoms with Crippen LogP contribution in [0.25, 0.3) is 4.96 Å². The molecule has 0 aliphatic rings. The van der Waals surface area contributed by atoms with Gasteiger partial charge in [0.05, 0.1) is 6.20 Å². The third kappa shape index (κ3) is 1.90. The predicted octanol–water partition coefficient (Wildman–Crippen LogP) is 2.04. The van der Waals surface area contributed by atoms with E-state index in [1.807, 2.05) is 30.3 Å². The highest BCUT2D eigenvalue weighted by atomic mass is 32.1. The summed E-state index contributed by atoms with van der Waals surface area (Å²) < 4.78 is 1.59. The number of nitrogens with one attached hydrogen (secondary N) is 1. The lowest BCUT2D eigenvalue weighted by atomic mass is 10.3. The van der Waals surface area contributed by atoms with Crippen molar-refractivity contribution in [3.05, 3.63) is 47.7 Å². The second-order valence-corrected chi connectivity index (χ2v) is 4.22. The van der Waals surface area contributed by atoms with E-state index < -0.39 is 0 Å². The molecule has 3 aromatic rings. The zero-order valence-electron chi connectivity index (χ0n) is 8.70. The molecule has 0 radical (unpaired) electrons. The summed E-state index contributed by atoms with van der Waals surface area (Å²) >= 11 is 1.39. The van der Waals surface area contributed by atoms with Crippen LogP contribution in [0.15, 0.2) is 42.0 Å². The van der Waals surface area contributed by atoms with Gasteiger partial charge in [-0.3, -0.25) is 4.79 Å². The molecule has 1 aromatic carbocycles. The SMILES string of the molecule is O=C(Nc1ccccc1)c1cn2ncsc2n1. The lowest BCUT2D eigenvalue weighted by Crippen LogP contribution is -2.12. The molecule has 2 aromatic heterocycles. The fraction of sp³-hybridized carbons (Fsp3) is 0. The highest BCUT2D eigenvalue weighted by molar-refractivity contribution is 7.14. The highest BCUT2D eigenvalue weighted by Gasteiger charge is 2.11. The number of imidazole rings is 1. The number of para-hydroxylation sites is 1. The molecule has 17 heavy (non-hydrogen) atoms. The van der Waals surface area contributed by atoms with E-state index in [1.54, 1.807) is 16.2 Å². The molecule has 2 heterocycles. The lowest BCUT2D eigenvalue weighted by Gasteiger charge is -2.01. The van der Waals surface area contributed by atoms with Crippen molar-refractivity contribution in [1.82, 2.24) is 14.6 Å². The fourth-order valence-corrected chi connectivity index (χ4v) is 2.07. The van der Waals surface area contributed by atoms with Gasteiger partial charge >= 0.3 is 0 Å². The number of hydrogen-bond donors (Lipinski definition) is 1. The number of carbonyl (C=O) groups excluding carboxylic acids is 1. The van der Waals surface area contributed by atoms with Crippen molar-refractivity contribution in [2.24, 2.45) is 0 Å². The Kier molecular flexibility index (Phi) is 2.34. The van der Waals surface area contributed by atoms with Gasteiger partial charge in [0.2, 0.25) is 4.96 Å². The molecule has 3 rings (SSSR count). The molecule has 0 aliphatic heterocycles. The molecular weight excluding hydrogens is 236 g/mol. The minimum absolute atomic E-state index is 0.228. The number of benzene rings is 1. The number of hydrogen-bond acceptors (Lipinski definition) is 4. The van der Waals surface area contributed by atoms with Crippen LogP contribution in [0.2, 0.25) is 0 Å². The zero-order chi connectivity index (χ0) is 11.7. The van der Waals surface area contributed by atoms with Gasteiger partial charge in [-0.25, -0.2) is 9.50 Å². The van der Waals surface area contributed by atoms with Crippen molar-refractivity contribution in [2.45, 2.75) is 0 Å². The number of carbonyl (C=O) groups is 1. The Morgan fingerprint density at radius 1 is 1.29 bits per heavy atom. The monoisotopic (exact) mass is 244 g/mol. The van der Waals surface area contributed by atoms with E-state index >= 15 is 0 Å². The first-order valence-electron chi connectivity index (χ1n) is 4.98. The van der Waals surface area contributed by atoms with Crippen LogP contribution in [0, 0.1) is 0 Å². The van der Waals surface area contributed by atoms with Crippen molar-refractivity contribution in [1.29, 1.82) is 0 Å². The molecule has 6 heteroatoms. The maximum atomic E-state index is 11.9. The standard InChI is InChI=1S/C11H8N4OS/c16-10(13-8-4-2-1-3-5-8)9-6-15-11(14-9)17-7-12-15/h1-7H,(H,13,16). The van der Waals surface area contributed by atoms with Crippen molar-refractivity contribution < 1.29 is 4.79 Å². The minimum Gasteiger partial charge on any atom is -0.321 e. The maximum Gasteiger partial charge on any atom is 0.275 e. The van der Waals surface area contributed by atoms with E-state index in [1.165, 1.54) is 11.3 Å². The van der Waals surface area contributed by atoms with Gasteiger partial charge < -0.3 is 5.32 Å². The number of rotatable bonds is 2. The molecule has 0 unspecified atom stereocenters. The number of aromatic nitrogens is 3. The number of nitrogens with zero attached hydrogens (tertiary/aromatic N) is 3. The molecule has 0 bridgehead atoms. The molecular formula is C11H8N4OS. The number of amides is 1. The van der Waals surface area contributed by atoms with Gasteiger partial charge in [0, 0.05) is 5.69 Å².